The van der Waals surface area contributed by atoms with Gasteiger partial charge in [0.2, 0.25) is 0 Å². The molecule has 0 aromatic heterocycles. The molecule has 2 atom stereocenters. The molecule has 0 aliphatic heterocycles. The summed E-state index contributed by atoms with van der Waals surface area (Å²) in [5.41, 5.74) is 11.8. The van der Waals surface area contributed by atoms with Gasteiger partial charge in [-0.2, -0.15) is 0 Å². The normalized spacial score (nSPS) is 19.9. The highest BCUT2D eigenvalue weighted by molar-refractivity contribution is 6.06. The van der Waals surface area contributed by atoms with Gasteiger partial charge < -0.3 is 5.73 Å². The Hall–Kier alpha value is -2.90. The van der Waals surface area contributed by atoms with Crippen molar-refractivity contribution in [1.29, 1.82) is 0 Å². The van der Waals surface area contributed by atoms with Gasteiger partial charge in [-0.25, -0.2) is 0 Å². The smallest absolute Gasteiger partial charge is 0.0646 e. The zero-order valence-corrected chi connectivity index (χ0v) is 19.9. The summed E-state index contributed by atoms with van der Waals surface area (Å²) in [6.45, 7) is 8.75. The molecule has 4 rings (SSSR count). The van der Waals surface area contributed by atoms with Gasteiger partial charge in [0, 0.05) is 0 Å². The lowest BCUT2D eigenvalue weighted by molar-refractivity contribution is 0.614. The van der Waals surface area contributed by atoms with E-state index in [2.05, 4.69) is 113 Å². The average Bonchev–Trinajstić information content (AvgIpc) is 3.02. The molecule has 0 amide bonds. The highest BCUT2D eigenvalue weighted by atomic mass is 14.8. The Morgan fingerprint density at radius 2 is 1.66 bits per heavy atom. The number of rotatable bonds is 7. The second kappa shape index (κ2) is 9.30. The van der Waals surface area contributed by atoms with Gasteiger partial charge >= 0.3 is 0 Å². The lowest BCUT2D eigenvalue weighted by Crippen LogP contribution is -2.32. The van der Waals surface area contributed by atoms with E-state index < -0.39 is 5.54 Å². The molecule has 0 fully saturated rings. The second-order valence-corrected chi connectivity index (χ2v) is 9.11. The molecule has 2 unspecified atom stereocenters. The van der Waals surface area contributed by atoms with E-state index in [1.54, 1.807) is 0 Å². The van der Waals surface area contributed by atoms with Gasteiger partial charge in [-0.1, -0.05) is 86.7 Å². The highest BCUT2D eigenvalue weighted by Gasteiger charge is 2.39. The minimum Gasteiger partial charge on any atom is -0.318 e. The zero-order chi connectivity index (χ0) is 22.7. The largest absolute Gasteiger partial charge is 0.318 e. The van der Waals surface area contributed by atoms with Crippen molar-refractivity contribution in [3.63, 3.8) is 0 Å². The maximum atomic E-state index is 7.09. The Morgan fingerprint density at radius 3 is 2.38 bits per heavy atom. The molecule has 164 valence electrons. The number of allylic oxidation sites excluding steroid dienone is 6. The van der Waals surface area contributed by atoms with Gasteiger partial charge in [0.05, 0.1) is 5.54 Å². The summed E-state index contributed by atoms with van der Waals surface area (Å²) in [5, 5.41) is 5.14. The van der Waals surface area contributed by atoms with E-state index in [0.29, 0.717) is 5.92 Å². The van der Waals surface area contributed by atoms with Crippen LogP contribution < -0.4 is 5.73 Å². The van der Waals surface area contributed by atoms with Gasteiger partial charge in [0.15, 0.2) is 0 Å². The first-order valence-corrected chi connectivity index (χ1v) is 11.9. The van der Waals surface area contributed by atoms with Crippen molar-refractivity contribution in [2.75, 3.05) is 0 Å². The van der Waals surface area contributed by atoms with Crippen LogP contribution in [0.4, 0.5) is 0 Å². The van der Waals surface area contributed by atoms with Gasteiger partial charge in [0.25, 0.3) is 0 Å². The molecular weight excluding hydrogens is 386 g/mol. The van der Waals surface area contributed by atoms with Crippen LogP contribution in [0.3, 0.4) is 0 Å². The third kappa shape index (κ3) is 3.98. The Morgan fingerprint density at radius 1 is 0.938 bits per heavy atom. The number of fused-ring (bicyclic) bond motifs is 4. The Kier molecular flexibility index (Phi) is 6.48. The number of hydrogen-bond donors (Lipinski definition) is 1. The Balaban J connectivity index is 1.96. The van der Waals surface area contributed by atoms with Gasteiger partial charge in [-0.05, 0) is 95.0 Å². The quantitative estimate of drug-likeness (QED) is 0.231. The van der Waals surface area contributed by atoms with E-state index in [4.69, 9.17) is 5.73 Å². The van der Waals surface area contributed by atoms with Crippen LogP contribution in [0.1, 0.15) is 58.1 Å². The summed E-state index contributed by atoms with van der Waals surface area (Å²) in [4.78, 5) is 0. The van der Waals surface area contributed by atoms with Crippen LogP contribution in [0.15, 0.2) is 90.6 Å². The van der Waals surface area contributed by atoms with E-state index >= 15 is 0 Å². The molecule has 0 spiro atoms. The molecule has 2 N–H and O–H groups in total. The fraction of sp³-hybridized carbons (Fsp3) is 0.290. The monoisotopic (exact) mass is 421 g/mol. The number of hydrogen-bond acceptors (Lipinski definition) is 1. The van der Waals surface area contributed by atoms with Crippen molar-refractivity contribution in [3.8, 4) is 0 Å². The summed E-state index contributed by atoms with van der Waals surface area (Å²) in [6, 6.07) is 17.8. The molecule has 0 radical (unpaired) electrons. The fourth-order valence-electron chi connectivity index (χ4n) is 5.03. The summed E-state index contributed by atoms with van der Waals surface area (Å²) < 4.78 is 0. The Labute approximate surface area is 193 Å². The topological polar surface area (TPSA) is 26.0 Å². The van der Waals surface area contributed by atoms with E-state index in [1.165, 1.54) is 43.8 Å². The average molecular weight is 422 g/mol. The summed E-state index contributed by atoms with van der Waals surface area (Å²) >= 11 is 0. The third-order valence-electron chi connectivity index (χ3n) is 6.70. The zero-order valence-electron chi connectivity index (χ0n) is 19.9. The third-order valence-corrected chi connectivity index (χ3v) is 6.70. The molecule has 0 saturated carbocycles. The second-order valence-electron chi connectivity index (χ2n) is 9.11. The molecule has 0 bridgehead atoms. The van der Waals surface area contributed by atoms with Crippen LogP contribution in [-0.4, -0.2) is 0 Å². The maximum absolute atomic E-state index is 7.09. The van der Waals surface area contributed by atoms with Gasteiger partial charge in [-0.15, -0.1) is 0 Å². The minimum absolute atomic E-state index is 0.298. The lowest BCUT2D eigenvalue weighted by atomic mass is 9.87. The van der Waals surface area contributed by atoms with Crippen LogP contribution >= 0.6 is 0 Å². The molecule has 0 heterocycles. The van der Waals surface area contributed by atoms with Crippen molar-refractivity contribution in [2.45, 2.75) is 52.5 Å². The van der Waals surface area contributed by atoms with Crippen LogP contribution in [-0.2, 0) is 5.54 Å². The van der Waals surface area contributed by atoms with Crippen molar-refractivity contribution < 1.29 is 0 Å². The molecular formula is C31H35N. The van der Waals surface area contributed by atoms with Crippen molar-refractivity contribution >= 4 is 27.1 Å². The predicted molar refractivity (Wildman–Crippen MR) is 142 cm³/mol. The first-order valence-electron chi connectivity index (χ1n) is 11.9. The maximum Gasteiger partial charge on any atom is 0.0646 e. The number of nitrogens with two attached hydrogens (primary N) is 1. The lowest BCUT2D eigenvalue weighted by Gasteiger charge is -2.23. The van der Waals surface area contributed by atoms with Crippen LogP contribution in [0.25, 0.3) is 27.1 Å². The molecule has 1 aliphatic carbocycles. The molecule has 0 saturated heterocycles. The highest BCUT2D eigenvalue weighted by Crippen LogP contribution is 2.50. The van der Waals surface area contributed by atoms with E-state index in [-0.39, 0.29) is 0 Å². The van der Waals surface area contributed by atoms with Crippen molar-refractivity contribution in [1.82, 2.24) is 0 Å². The number of unbranched alkanes of at least 4 members (excludes halogenated alkanes) is 1. The molecule has 3 aromatic carbocycles. The van der Waals surface area contributed by atoms with Crippen LogP contribution in [0, 0.1) is 5.92 Å². The minimum atomic E-state index is -0.504. The predicted octanol–water partition coefficient (Wildman–Crippen LogP) is 8.45. The van der Waals surface area contributed by atoms with Crippen LogP contribution in [0.2, 0.25) is 0 Å². The van der Waals surface area contributed by atoms with Crippen molar-refractivity contribution in [3.05, 3.63) is 102 Å². The van der Waals surface area contributed by atoms with E-state index in [1.807, 2.05) is 0 Å². The molecule has 1 heteroatoms. The molecule has 3 aromatic rings. The number of benzene rings is 3. The summed E-state index contributed by atoms with van der Waals surface area (Å²) in [6.07, 6.45) is 16.7. The van der Waals surface area contributed by atoms with E-state index in [9.17, 15) is 0 Å². The van der Waals surface area contributed by atoms with Gasteiger partial charge in [-0.3, -0.25) is 0 Å². The standard InChI is InChI=1S/C31H35N/c1-5-7-9-10-11-17-27-29(22(3)14-8-6-2)30-26-21-24-16-13-12-15-23(24)20-25(26)18-19-28(30)31(27,4)32/h5,7-8,11-22H,6,9-10,32H2,1-4H3/b7-5-,14-8-,17-11-. The molecule has 1 nitrogen and oxygen atoms in total. The van der Waals surface area contributed by atoms with Gasteiger partial charge in [0.1, 0.15) is 0 Å². The fourth-order valence-corrected chi connectivity index (χ4v) is 5.03. The van der Waals surface area contributed by atoms with Crippen molar-refractivity contribution in [2.24, 2.45) is 11.7 Å². The first kappa shape index (κ1) is 22.3. The molecule has 1 aliphatic rings. The summed E-state index contributed by atoms with van der Waals surface area (Å²) in [5.74, 6) is 0.298. The molecule has 32 heavy (non-hydrogen) atoms. The SMILES string of the molecule is C/C=C\CC/C=C\C1=C(C(C)/C=C\CC)c2c(ccc3cc4ccccc4cc23)C1(C)N. The first-order chi connectivity index (χ1) is 15.5. The van der Waals surface area contributed by atoms with E-state index in [0.717, 1.165) is 19.3 Å². The van der Waals surface area contributed by atoms with Crippen LogP contribution in [0.5, 0.6) is 0 Å². The Bertz CT molecular complexity index is 1250. The summed E-state index contributed by atoms with van der Waals surface area (Å²) in [7, 11) is 0.